The van der Waals surface area contributed by atoms with Gasteiger partial charge in [0, 0.05) is 25.2 Å². The highest BCUT2D eigenvalue weighted by molar-refractivity contribution is 7.80. The van der Waals surface area contributed by atoms with Gasteiger partial charge in [0.2, 0.25) is 5.69 Å². The molecule has 6 heteroatoms. The van der Waals surface area contributed by atoms with Crippen LogP contribution in [0.25, 0.3) is 0 Å². The fourth-order valence-electron chi connectivity index (χ4n) is 2.37. The first-order chi connectivity index (χ1) is 9.68. The Bertz CT molecular complexity index is 447. The second-order valence-corrected chi connectivity index (χ2v) is 5.54. The average Bonchev–Trinajstić information content (AvgIpc) is 2.74. The monoisotopic (exact) mass is 294 g/mol. The highest BCUT2D eigenvalue weighted by Gasteiger charge is 2.16. The van der Waals surface area contributed by atoms with E-state index in [0.29, 0.717) is 10.8 Å². The lowest BCUT2D eigenvalue weighted by Crippen LogP contribution is -2.49. The van der Waals surface area contributed by atoms with Gasteiger partial charge in [-0.2, -0.15) is 4.73 Å². The van der Waals surface area contributed by atoms with E-state index in [1.54, 1.807) is 12.1 Å². The number of hydrazine groups is 1. The molecule has 5 nitrogen and oxygen atoms in total. The summed E-state index contributed by atoms with van der Waals surface area (Å²) in [5, 5.41) is 12.4. The third kappa shape index (κ3) is 4.05. The van der Waals surface area contributed by atoms with Crippen molar-refractivity contribution < 1.29 is 4.73 Å². The molecular formula is C14H22N4OS. The van der Waals surface area contributed by atoms with Gasteiger partial charge in [-0.3, -0.25) is 5.43 Å². The summed E-state index contributed by atoms with van der Waals surface area (Å²) in [5.74, 6) is 0. The first kappa shape index (κ1) is 15.0. The van der Waals surface area contributed by atoms with Crippen LogP contribution in [-0.4, -0.2) is 23.1 Å². The maximum atomic E-state index is 11.7. The number of thiocarbonyl (C=S) groups is 1. The number of hydrogen-bond donors (Lipinski definition) is 2. The molecule has 2 rings (SSSR count). The van der Waals surface area contributed by atoms with E-state index < -0.39 is 0 Å². The van der Waals surface area contributed by atoms with Crippen molar-refractivity contribution >= 4 is 17.3 Å². The van der Waals surface area contributed by atoms with Crippen molar-refractivity contribution in [1.82, 2.24) is 15.8 Å². The van der Waals surface area contributed by atoms with E-state index in [-0.39, 0.29) is 6.04 Å². The van der Waals surface area contributed by atoms with E-state index in [2.05, 4.69) is 15.8 Å². The van der Waals surface area contributed by atoms with E-state index in [1.807, 2.05) is 13.0 Å². The molecule has 0 aromatic carbocycles. The molecule has 1 aliphatic heterocycles. The molecule has 0 radical (unpaired) electrons. The standard InChI is InChI=1S/C14H22N4OS/c1-12(13-8-4-7-11-18(13)19)15-16-14(20)17-9-5-2-3-6-10-17/h4,7-8,11-12,15H,2-3,5-6,9-10H2,1H3,(H,16,20)/t12-/m0/s1. The Morgan fingerprint density at radius 3 is 2.65 bits per heavy atom. The van der Waals surface area contributed by atoms with E-state index in [1.165, 1.54) is 31.9 Å². The smallest absolute Gasteiger partial charge is 0.211 e. The van der Waals surface area contributed by atoms with Crippen molar-refractivity contribution in [2.24, 2.45) is 0 Å². The number of nitrogens with one attached hydrogen (secondary N) is 2. The molecule has 1 aromatic heterocycles. The zero-order chi connectivity index (χ0) is 14.4. The minimum absolute atomic E-state index is 0.112. The van der Waals surface area contributed by atoms with E-state index in [0.717, 1.165) is 17.8 Å². The fraction of sp³-hybridized carbons (Fsp3) is 0.571. The van der Waals surface area contributed by atoms with E-state index in [4.69, 9.17) is 12.2 Å². The van der Waals surface area contributed by atoms with Crippen molar-refractivity contribution in [2.45, 2.75) is 38.6 Å². The molecule has 2 N–H and O–H groups in total. The molecule has 1 saturated heterocycles. The highest BCUT2D eigenvalue weighted by atomic mass is 32.1. The second-order valence-electron chi connectivity index (χ2n) is 5.15. The Hall–Kier alpha value is -1.40. The van der Waals surface area contributed by atoms with Crippen molar-refractivity contribution in [3.8, 4) is 0 Å². The maximum Gasteiger partial charge on any atom is 0.211 e. The van der Waals surface area contributed by atoms with Gasteiger partial charge in [-0.05, 0) is 38.0 Å². The van der Waals surface area contributed by atoms with Gasteiger partial charge in [0.25, 0.3) is 0 Å². The minimum Gasteiger partial charge on any atom is -0.618 e. The van der Waals surface area contributed by atoms with Gasteiger partial charge in [0.1, 0.15) is 6.04 Å². The lowest BCUT2D eigenvalue weighted by atomic mass is 10.2. The van der Waals surface area contributed by atoms with Crippen molar-refractivity contribution in [1.29, 1.82) is 0 Å². The van der Waals surface area contributed by atoms with Gasteiger partial charge in [-0.1, -0.05) is 12.8 Å². The molecule has 0 saturated carbocycles. The van der Waals surface area contributed by atoms with Gasteiger partial charge in [0.15, 0.2) is 11.3 Å². The second kappa shape index (κ2) is 7.40. The molecule has 0 aliphatic carbocycles. The zero-order valence-electron chi connectivity index (χ0n) is 11.8. The topological polar surface area (TPSA) is 54.2 Å². The molecule has 0 unspecified atom stereocenters. The third-order valence-corrected chi connectivity index (χ3v) is 3.95. The Labute approximate surface area is 125 Å². The Balaban J connectivity index is 1.85. The van der Waals surface area contributed by atoms with Crippen LogP contribution in [0.1, 0.15) is 44.3 Å². The van der Waals surface area contributed by atoms with Crippen LogP contribution in [0.15, 0.2) is 24.4 Å². The average molecular weight is 294 g/mol. The third-order valence-electron chi connectivity index (χ3n) is 3.59. The molecule has 0 spiro atoms. The first-order valence-electron chi connectivity index (χ1n) is 7.17. The number of hydrogen-bond acceptors (Lipinski definition) is 3. The van der Waals surface area contributed by atoms with Crippen LogP contribution in [0.5, 0.6) is 0 Å². The number of pyridine rings is 1. The summed E-state index contributed by atoms with van der Waals surface area (Å²) < 4.78 is 0.869. The van der Waals surface area contributed by atoms with Gasteiger partial charge >= 0.3 is 0 Å². The van der Waals surface area contributed by atoms with Crippen molar-refractivity contribution in [2.75, 3.05) is 13.1 Å². The number of aromatic nitrogens is 1. The summed E-state index contributed by atoms with van der Waals surface area (Å²) in [6.07, 6.45) is 6.44. The van der Waals surface area contributed by atoms with Gasteiger partial charge in [0.05, 0.1) is 0 Å². The van der Waals surface area contributed by atoms with E-state index >= 15 is 0 Å². The van der Waals surface area contributed by atoms with Gasteiger partial charge in [-0.15, -0.1) is 0 Å². The normalized spacial score (nSPS) is 17.4. The molecule has 1 fully saturated rings. The van der Waals surface area contributed by atoms with Crippen LogP contribution in [0, 0.1) is 5.21 Å². The summed E-state index contributed by atoms with van der Waals surface area (Å²) in [4.78, 5) is 2.19. The Kier molecular flexibility index (Phi) is 5.55. The predicted octanol–water partition coefficient (Wildman–Crippen LogP) is 1.64. The molecule has 1 aliphatic rings. The summed E-state index contributed by atoms with van der Waals surface area (Å²) in [6, 6.07) is 5.27. The molecule has 20 heavy (non-hydrogen) atoms. The molecular weight excluding hydrogens is 272 g/mol. The largest absolute Gasteiger partial charge is 0.618 e. The summed E-state index contributed by atoms with van der Waals surface area (Å²) in [6.45, 7) is 3.95. The highest BCUT2D eigenvalue weighted by Crippen LogP contribution is 2.10. The molecule has 0 bridgehead atoms. The Morgan fingerprint density at radius 2 is 2.00 bits per heavy atom. The molecule has 110 valence electrons. The number of nitrogens with zero attached hydrogens (tertiary/aromatic N) is 2. The minimum atomic E-state index is -0.112. The van der Waals surface area contributed by atoms with Crippen LogP contribution in [-0.2, 0) is 0 Å². The van der Waals surface area contributed by atoms with Crippen molar-refractivity contribution in [3.05, 3.63) is 35.3 Å². The molecule has 0 amide bonds. The lowest BCUT2D eigenvalue weighted by molar-refractivity contribution is -0.616. The number of likely N-dealkylation sites (tertiary alicyclic amines) is 1. The van der Waals surface area contributed by atoms with Gasteiger partial charge in [-0.25, -0.2) is 5.43 Å². The predicted molar refractivity (Wildman–Crippen MR) is 82.7 cm³/mol. The molecule has 1 aromatic rings. The Morgan fingerprint density at radius 1 is 1.30 bits per heavy atom. The summed E-state index contributed by atoms with van der Waals surface area (Å²) in [7, 11) is 0. The first-order valence-corrected chi connectivity index (χ1v) is 7.58. The lowest BCUT2D eigenvalue weighted by Gasteiger charge is -2.25. The quantitative estimate of drug-likeness (QED) is 0.384. The van der Waals surface area contributed by atoms with Crippen LogP contribution >= 0.6 is 12.2 Å². The molecule has 1 atom stereocenters. The van der Waals surface area contributed by atoms with Gasteiger partial charge < -0.3 is 10.1 Å². The van der Waals surface area contributed by atoms with Crippen LogP contribution < -0.4 is 15.6 Å². The van der Waals surface area contributed by atoms with Crippen LogP contribution in [0.3, 0.4) is 0 Å². The molecule has 2 heterocycles. The van der Waals surface area contributed by atoms with Crippen LogP contribution in [0.2, 0.25) is 0 Å². The zero-order valence-corrected chi connectivity index (χ0v) is 12.7. The number of rotatable bonds is 3. The summed E-state index contributed by atoms with van der Waals surface area (Å²) >= 11 is 5.40. The van der Waals surface area contributed by atoms with Crippen molar-refractivity contribution in [3.63, 3.8) is 0 Å². The van der Waals surface area contributed by atoms with E-state index in [9.17, 15) is 5.21 Å². The summed E-state index contributed by atoms with van der Waals surface area (Å²) in [5.41, 5.74) is 6.83. The fourth-order valence-corrected chi connectivity index (χ4v) is 2.61. The van der Waals surface area contributed by atoms with Crippen LogP contribution in [0.4, 0.5) is 0 Å². The maximum absolute atomic E-state index is 11.7. The SMILES string of the molecule is C[C@H](NNC(=S)N1CCCCCC1)c1cccc[n+]1[O-].